The fourth-order valence-corrected chi connectivity index (χ4v) is 1.82. The van der Waals surface area contributed by atoms with Crippen LogP contribution in [-0.2, 0) is 16.1 Å². The molecule has 1 aromatic rings. The predicted octanol–water partition coefficient (Wildman–Crippen LogP) is 3.46. The highest BCUT2D eigenvalue weighted by Crippen LogP contribution is 2.16. The lowest BCUT2D eigenvalue weighted by molar-refractivity contribution is -0.384. The van der Waals surface area contributed by atoms with Gasteiger partial charge in [0.2, 0.25) is 0 Å². The molecule has 0 aliphatic heterocycles. The summed E-state index contributed by atoms with van der Waals surface area (Å²) in [5.41, 5.74) is 0.790. The first-order valence-corrected chi connectivity index (χ1v) is 6.48. The van der Waals surface area contributed by atoms with E-state index in [2.05, 4.69) is 0 Å². The van der Waals surface area contributed by atoms with Crippen LogP contribution in [0.15, 0.2) is 24.3 Å². The van der Waals surface area contributed by atoms with E-state index >= 15 is 0 Å². The van der Waals surface area contributed by atoms with Crippen LogP contribution >= 0.6 is 0 Å². The third kappa shape index (κ3) is 4.69. The smallest absolute Gasteiger partial charge is 0.309 e. The molecule has 0 N–H and O–H groups in total. The largest absolute Gasteiger partial charge is 0.461 e. The van der Waals surface area contributed by atoms with Crippen molar-refractivity contribution in [2.24, 2.45) is 5.92 Å². The summed E-state index contributed by atoms with van der Waals surface area (Å²) >= 11 is 0. The molecule has 1 unspecified atom stereocenters. The molecule has 0 saturated carbocycles. The highest BCUT2D eigenvalue weighted by molar-refractivity contribution is 5.72. The molecular weight excluding hydrogens is 246 g/mol. The molecule has 19 heavy (non-hydrogen) atoms. The minimum absolute atomic E-state index is 0.0347. The Kier molecular flexibility index (Phi) is 5.99. The van der Waals surface area contributed by atoms with Gasteiger partial charge < -0.3 is 4.74 Å². The van der Waals surface area contributed by atoms with Gasteiger partial charge in [-0.15, -0.1) is 0 Å². The van der Waals surface area contributed by atoms with Gasteiger partial charge in [0, 0.05) is 12.1 Å². The molecule has 0 aliphatic carbocycles. The van der Waals surface area contributed by atoms with Crippen LogP contribution in [0.2, 0.25) is 0 Å². The second kappa shape index (κ2) is 7.51. The monoisotopic (exact) mass is 265 g/mol. The number of esters is 1. The normalized spacial score (nSPS) is 11.9. The Balaban J connectivity index is 2.52. The van der Waals surface area contributed by atoms with Gasteiger partial charge >= 0.3 is 5.97 Å². The number of hydrogen-bond acceptors (Lipinski definition) is 4. The molecule has 0 saturated heterocycles. The average molecular weight is 265 g/mol. The topological polar surface area (TPSA) is 69.4 Å². The van der Waals surface area contributed by atoms with Crippen LogP contribution < -0.4 is 0 Å². The summed E-state index contributed by atoms with van der Waals surface area (Å²) in [6.45, 7) is 4.16. The zero-order valence-electron chi connectivity index (χ0n) is 11.3. The van der Waals surface area contributed by atoms with Gasteiger partial charge in [0.15, 0.2) is 0 Å². The van der Waals surface area contributed by atoms with Crippen LogP contribution in [0.5, 0.6) is 0 Å². The Morgan fingerprint density at radius 3 is 2.42 bits per heavy atom. The van der Waals surface area contributed by atoms with Crippen molar-refractivity contribution in [1.29, 1.82) is 0 Å². The average Bonchev–Trinajstić information content (AvgIpc) is 2.42. The minimum atomic E-state index is -0.454. The first-order valence-electron chi connectivity index (χ1n) is 6.48. The molecule has 1 atom stereocenters. The van der Waals surface area contributed by atoms with Crippen molar-refractivity contribution in [2.75, 3.05) is 0 Å². The van der Waals surface area contributed by atoms with Gasteiger partial charge in [0.25, 0.3) is 5.69 Å². The molecule has 0 amide bonds. The van der Waals surface area contributed by atoms with Crippen LogP contribution in [0.1, 0.15) is 38.7 Å². The quantitative estimate of drug-likeness (QED) is 0.430. The lowest BCUT2D eigenvalue weighted by Crippen LogP contribution is -2.16. The minimum Gasteiger partial charge on any atom is -0.461 e. The van der Waals surface area contributed by atoms with Gasteiger partial charge in [-0.25, -0.2) is 0 Å². The summed E-state index contributed by atoms with van der Waals surface area (Å²) in [5, 5.41) is 10.5. The molecule has 0 heterocycles. The van der Waals surface area contributed by atoms with Crippen molar-refractivity contribution >= 4 is 11.7 Å². The van der Waals surface area contributed by atoms with Crippen molar-refractivity contribution in [3.63, 3.8) is 0 Å². The van der Waals surface area contributed by atoms with E-state index in [1.54, 1.807) is 12.1 Å². The predicted molar refractivity (Wildman–Crippen MR) is 71.6 cm³/mol. The summed E-state index contributed by atoms with van der Waals surface area (Å²) in [7, 11) is 0. The van der Waals surface area contributed by atoms with Crippen LogP contribution in [0.3, 0.4) is 0 Å². The van der Waals surface area contributed by atoms with Crippen molar-refractivity contribution in [3.8, 4) is 0 Å². The van der Waals surface area contributed by atoms with Gasteiger partial charge in [-0.05, 0) is 30.5 Å². The number of carbonyl (C=O) groups excluding carboxylic acids is 1. The second-order valence-corrected chi connectivity index (χ2v) is 4.43. The molecule has 0 radical (unpaired) electrons. The van der Waals surface area contributed by atoms with Crippen LogP contribution in [0.25, 0.3) is 0 Å². The molecule has 1 rings (SSSR count). The van der Waals surface area contributed by atoms with Gasteiger partial charge in [-0.3, -0.25) is 14.9 Å². The van der Waals surface area contributed by atoms with Crippen molar-refractivity contribution in [3.05, 3.63) is 39.9 Å². The molecule has 0 aromatic heterocycles. The highest BCUT2D eigenvalue weighted by atomic mass is 16.6. The molecule has 5 heteroatoms. The van der Waals surface area contributed by atoms with Crippen molar-refractivity contribution in [1.82, 2.24) is 0 Å². The van der Waals surface area contributed by atoms with E-state index in [0.717, 1.165) is 24.8 Å². The zero-order chi connectivity index (χ0) is 14.3. The fourth-order valence-electron chi connectivity index (χ4n) is 1.82. The summed E-state index contributed by atoms with van der Waals surface area (Å²) < 4.78 is 5.23. The lowest BCUT2D eigenvalue weighted by Gasteiger charge is -2.13. The standard InChI is InChI=1S/C14H19NO4/c1-3-5-12(4-2)14(16)19-10-11-6-8-13(9-7-11)15(17)18/h6-9,12H,3-5,10H2,1-2H3. The molecule has 1 aromatic carbocycles. The molecule has 0 bridgehead atoms. The van der Waals surface area contributed by atoms with E-state index in [-0.39, 0.29) is 24.2 Å². The molecule has 0 fully saturated rings. The van der Waals surface area contributed by atoms with E-state index in [9.17, 15) is 14.9 Å². The molecule has 5 nitrogen and oxygen atoms in total. The first kappa shape index (κ1) is 15.1. The molecule has 104 valence electrons. The number of nitrogens with zero attached hydrogens (tertiary/aromatic N) is 1. The second-order valence-electron chi connectivity index (χ2n) is 4.43. The summed E-state index contributed by atoms with van der Waals surface area (Å²) in [5.74, 6) is -0.245. The number of nitro groups is 1. The van der Waals surface area contributed by atoms with Crippen molar-refractivity contribution < 1.29 is 14.5 Å². The lowest BCUT2D eigenvalue weighted by atomic mass is 10.0. The SMILES string of the molecule is CCCC(CC)C(=O)OCc1ccc([N+](=O)[O-])cc1. The van der Waals surface area contributed by atoms with E-state index in [1.807, 2.05) is 13.8 Å². The van der Waals surface area contributed by atoms with Crippen molar-refractivity contribution in [2.45, 2.75) is 39.7 Å². The maximum Gasteiger partial charge on any atom is 0.309 e. The van der Waals surface area contributed by atoms with Crippen LogP contribution in [-0.4, -0.2) is 10.9 Å². The van der Waals surface area contributed by atoms with Gasteiger partial charge in [0.1, 0.15) is 6.61 Å². The number of nitro benzene ring substituents is 1. The third-order valence-corrected chi connectivity index (χ3v) is 2.99. The maximum absolute atomic E-state index is 11.8. The number of non-ortho nitro benzene ring substituents is 1. The summed E-state index contributed by atoms with van der Waals surface area (Å²) in [6, 6.07) is 6.03. The van der Waals surface area contributed by atoms with E-state index in [0.29, 0.717) is 0 Å². The third-order valence-electron chi connectivity index (χ3n) is 2.99. The van der Waals surface area contributed by atoms with Gasteiger partial charge in [0.05, 0.1) is 10.8 Å². The van der Waals surface area contributed by atoms with Crippen LogP contribution in [0, 0.1) is 16.0 Å². The van der Waals surface area contributed by atoms with Gasteiger partial charge in [-0.1, -0.05) is 20.3 Å². The Bertz CT molecular complexity index is 428. The molecule has 0 spiro atoms. The number of benzene rings is 1. The number of ether oxygens (including phenoxy) is 1. The van der Waals surface area contributed by atoms with E-state index < -0.39 is 4.92 Å². The van der Waals surface area contributed by atoms with E-state index in [4.69, 9.17) is 4.74 Å². The number of hydrogen-bond donors (Lipinski definition) is 0. The Labute approximate surface area is 112 Å². The molecular formula is C14H19NO4. The number of carbonyl (C=O) groups is 1. The number of rotatable bonds is 7. The fraction of sp³-hybridized carbons (Fsp3) is 0.500. The first-order chi connectivity index (χ1) is 9.08. The Hall–Kier alpha value is -1.91. The summed E-state index contributed by atoms with van der Waals surface area (Å²) in [6.07, 6.45) is 2.55. The summed E-state index contributed by atoms with van der Waals surface area (Å²) in [4.78, 5) is 21.8. The maximum atomic E-state index is 11.8. The Morgan fingerprint density at radius 2 is 1.95 bits per heavy atom. The van der Waals surface area contributed by atoms with Gasteiger partial charge in [-0.2, -0.15) is 0 Å². The zero-order valence-corrected chi connectivity index (χ0v) is 11.3. The van der Waals surface area contributed by atoms with Crippen LogP contribution in [0.4, 0.5) is 5.69 Å². The highest BCUT2D eigenvalue weighted by Gasteiger charge is 2.16. The van der Waals surface area contributed by atoms with E-state index in [1.165, 1.54) is 12.1 Å². The Morgan fingerprint density at radius 1 is 1.32 bits per heavy atom. The molecule has 0 aliphatic rings.